The maximum atomic E-state index is 13.3. The molecule has 2 rings (SSSR count). The Hall–Kier alpha value is -1.09. The minimum Gasteiger partial charge on any atom is -0.494 e. The molecule has 0 aliphatic heterocycles. The summed E-state index contributed by atoms with van der Waals surface area (Å²) in [4.78, 5) is 0. The number of hydrogen-bond acceptors (Lipinski definition) is 2. The summed E-state index contributed by atoms with van der Waals surface area (Å²) in [6.45, 7) is 3.14. The van der Waals surface area contributed by atoms with Crippen LogP contribution < -0.4 is 10.1 Å². The molecule has 2 nitrogen and oxygen atoms in total. The summed E-state index contributed by atoms with van der Waals surface area (Å²) >= 11 is 0. The van der Waals surface area contributed by atoms with Crippen LogP contribution in [0, 0.1) is 11.7 Å². The molecule has 1 atom stereocenters. The van der Waals surface area contributed by atoms with Crippen molar-refractivity contribution in [3.63, 3.8) is 0 Å². The third kappa shape index (κ3) is 3.22. The second-order valence-electron chi connectivity index (χ2n) is 5.16. The molecule has 1 aromatic rings. The van der Waals surface area contributed by atoms with Crippen molar-refractivity contribution in [2.45, 2.75) is 38.6 Å². The molecule has 1 unspecified atom stereocenters. The van der Waals surface area contributed by atoms with Gasteiger partial charge >= 0.3 is 0 Å². The van der Waals surface area contributed by atoms with Crippen LogP contribution in [0.25, 0.3) is 0 Å². The van der Waals surface area contributed by atoms with Gasteiger partial charge in [-0.2, -0.15) is 0 Å². The summed E-state index contributed by atoms with van der Waals surface area (Å²) in [6, 6.07) is 5.30. The molecule has 0 bridgehead atoms. The molecule has 1 aliphatic rings. The molecule has 0 aromatic heterocycles. The van der Waals surface area contributed by atoms with Crippen LogP contribution in [0.1, 0.15) is 44.2 Å². The van der Waals surface area contributed by atoms with E-state index in [2.05, 4.69) is 12.2 Å². The molecule has 1 saturated carbocycles. The molecule has 1 aromatic carbocycles. The average molecular weight is 251 g/mol. The number of halogens is 1. The van der Waals surface area contributed by atoms with Crippen molar-refractivity contribution < 1.29 is 9.13 Å². The highest BCUT2D eigenvalue weighted by Crippen LogP contribution is 2.29. The largest absolute Gasteiger partial charge is 0.494 e. The fourth-order valence-electron chi connectivity index (χ4n) is 2.35. The molecule has 0 radical (unpaired) electrons. The van der Waals surface area contributed by atoms with Crippen molar-refractivity contribution in [3.05, 3.63) is 29.6 Å². The fourth-order valence-corrected chi connectivity index (χ4v) is 2.35. The van der Waals surface area contributed by atoms with E-state index in [0.717, 1.165) is 18.0 Å². The lowest BCUT2D eigenvalue weighted by Gasteiger charge is -2.26. The quantitative estimate of drug-likeness (QED) is 0.832. The van der Waals surface area contributed by atoms with Crippen molar-refractivity contribution in [2.75, 3.05) is 13.7 Å². The Kier molecular flexibility index (Phi) is 4.59. The Balaban J connectivity index is 1.85. The van der Waals surface area contributed by atoms with Gasteiger partial charge in [0.15, 0.2) is 11.6 Å². The zero-order chi connectivity index (χ0) is 13.0. The van der Waals surface area contributed by atoms with E-state index >= 15 is 0 Å². The predicted octanol–water partition coefficient (Wildman–Crippen LogP) is 3.68. The van der Waals surface area contributed by atoms with Crippen molar-refractivity contribution in [1.29, 1.82) is 0 Å². The van der Waals surface area contributed by atoms with E-state index in [1.165, 1.54) is 38.9 Å². The maximum Gasteiger partial charge on any atom is 0.165 e. The van der Waals surface area contributed by atoms with Crippen molar-refractivity contribution in [1.82, 2.24) is 5.32 Å². The van der Waals surface area contributed by atoms with Gasteiger partial charge in [0.2, 0.25) is 0 Å². The first kappa shape index (κ1) is 13.3. The predicted molar refractivity (Wildman–Crippen MR) is 71.3 cm³/mol. The molecule has 0 amide bonds. The Morgan fingerprint density at radius 3 is 2.83 bits per heavy atom. The van der Waals surface area contributed by atoms with Gasteiger partial charge in [-0.25, -0.2) is 4.39 Å². The summed E-state index contributed by atoms with van der Waals surface area (Å²) in [5.41, 5.74) is 1.07. The summed E-state index contributed by atoms with van der Waals surface area (Å²) in [6.07, 6.45) is 5.43. The van der Waals surface area contributed by atoms with Gasteiger partial charge in [0.05, 0.1) is 7.11 Å². The summed E-state index contributed by atoms with van der Waals surface area (Å²) in [5.74, 6) is 0.940. The number of nitrogens with one attached hydrogen (secondary N) is 1. The third-order valence-electron chi connectivity index (χ3n) is 3.90. The molecule has 18 heavy (non-hydrogen) atoms. The van der Waals surface area contributed by atoms with Gasteiger partial charge in [0.1, 0.15) is 0 Å². The zero-order valence-corrected chi connectivity index (χ0v) is 11.2. The standard InChI is InChI=1S/C15H22FNO/c1-11(17-9-8-12-4-3-5-12)13-6-7-14(16)15(10-13)18-2/h6-7,10-12,17H,3-5,8-9H2,1-2H3. The monoisotopic (exact) mass is 251 g/mol. The summed E-state index contributed by atoms with van der Waals surface area (Å²) in [5, 5.41) is 3.49. The topological polar surface area (TPSA) is 21.3 Å². The minimum absolute atomic E-state index is 0.236. The summed E-state index contributed by atoms with van der Waals surface area (Å²) in [7, 11) is 1.50. The van der Waals surface area contributed by atoms with Crippen molar-refractivity contribution >= 4 is 0 Å². The van der Waals surface area contributed by atoms with Gasteiger partial charge in [-0.1, -0.05) is 25.3 Å². The first-order valence-corrected chi connectivity index (χ1v) is 6.77. The lowest BCUT2D eigenvalue weighted by Crippen LogP contribution is -2.24. The highest BCUT2D eigenvalue weighted by Gasteiger charge is 2.17. The van der Waals surface area contributed by atoms with Gasteiger partial charge < -0.3 is 10.1 Å². The molecular formula is C15H22FNO. The van der Waals surface area contributed by atoms with Crippen LogP contribution in [0.15, 0.2) is 18.2 Å². The van der Waals surface area contributed by atoms with E-state index in [1.54, 1.807) is 6.07 Å². The van der Waals surface area contributed by atoms with Gasteiger partial charge in [-0.3, -0.25) is 0 Å². The highest BCUT2D eigenvalue weighted by molar-refractivity contribution is 5.31. The molecular weight excluding hydrogens is 229 g/mol. The van der Waals surface area contributed by atoms with Crippen LogP contribution >= 0.6 is 0 Å². The Morgan fingerprint density at radius 2 is 2.22 bits per heavy atom. The number of hydrogen-bond donors (Lipinski definition) is 1. The Labute approximate surface area is 109 Å². The molecule has 3 heteroatoms. The van der Waals surface area contributed by atoms with Gasteiger partial charge in [0.25, 0.3) is 0 Å². The SMILES string of the molecule is COc1cc(C(C)NCCC2CCC2)ccc1F. The molecule has 0 spiro atoms. The molecule has 100 valence electrons. The van der Waals surface area contributed by atoms with Crippen LogP contribution in [0.4, 0.5) is 4.39 Å². The van der Waals surface area contributed by atoms with E-state index in [9.17, 15) is 4.39 Å². The van der Waals surface area contributed by atoms with Crippen LogP contribution in [-0.2, 0) is 0 Å². The van der Waals surface area contributed by atoms with Crippen LogP contribution in [0.3, 0.4) is 0 Å². The molecule has 1 aliphatic carbocycles. The molecule has 0 heterocycles. The first-order valence-electron chi connectivity index (χ1n) is 6.77. The van der Waals surface area contributed by atoms with Crippen LogP contribution in [-0.4, -0.2) is 13.7 Å². The van der Waals surface area contributed by atoms with Crippen LogP contribution in [0.5, 0.6) is 5.75 Å². The second-order valence-corrected chi connectivity index (χ2v) is 5.16. The first-order chi connectivity index (χ1) is 8.70. The van der Waals surface area contributed by atoms with Gasteiger partial charge in [-0.15, -0.1) is 0 Å². The number of ether oxygens (including phenoxy) is 1. The van der Waals surface area contributed by atoms with E-state index in [-0.39, 0.29) is 11.9 Å². The normalized spacial score (nSPS) is 17.3. The minimum atomic E-state index is -0.303. The zero-order valence-electron chi connectivity index (χ0n) is 11.2. The van der Waals surface area contributed by atoms with E-state index in [4.69, 9.17) is 4.74 Å². The van der Waals surface area contributed by atoms with Crippen molar-refractivity contribution in [3.8, 4) is 5.75 Å². The number of methoxy groups -OCH3 is 1. The number of rotatable bonds is 6. The van der Waals surface area contributed by atoms with E-state index in [0.29, 0.717) is 5.75 Å². The lowest BCUT2D eigenvalue weighted by atomic mass is 9.83. The van der Waals surface area contributed by atoms with Crippen molar-refractivity contribution in [2.24, 2.45) is 5.92 Å². The van der Waals surface area contributed by atoms with Gasteiger partial charge in [-0.05, 0) is 43.5 Å². The fraction of sp³-hybridized carbons (Fsp3) is 0.600. The lowest BCUT2D eigenvalue weighted by molar-refractivity contribution is 0.288. The van der Waals surface area contributed by atoms with Gasteiger partial charge in [0, 0.05) is 6.04 Å². The van der Waals surface area contributed by atoms with E-state index < -0.39 is 0 Å². The highest BCUT2D eigenvalue weighted by atomic mass is 19.1. The maximum absolute atomic E-state index is 13.3. The molecule has 0 saturated heterocycles. The third-order valence-corrected chi connectivity index (χ3v) is 3.90. The second kappa shape index (κ2) is 6.19. The average Bonchev–Trinajstić information content (AvgIpc) is 2.32. The Bertz CT molecular complexity index is 390. The molecule has 1 fully saturated rings. The Morgan fingerprint density at radius 1 is 1.44 bits per heavy atom. The molecule has 1 N–H and O–H groups in total. The van der Waals surface area contributed by atoms with E-state index in [1.807, 2.05) is 6.07 Å². The smallest absolute Gasteiger partial charge is 0.165 e. The summed E-state index contributed by atoms with van der Waals surface area (Å²) < 4.78 is 18.3. The number of benzene rings is 1. The van der Waals surface area contributed by atoms with Crippen LogP contribution in [0.2, 0.25) is 0 Å².